The van der Waals surface area contributed by atoms with Gasteiger partial charge in [-0.05, 0) is 48.5 Å². The van der Waals surface area contributed by atoms with Crippen molar-refractivity contribution in [3.8, 4) is 5.75 Å². The zero-order valence-electron chi connectivity index (χ0n) is 19.2. The molecule has 1 rings (SSSR count). The van der Waals surface area contributed by atoms with Crippen LogP contribution in [0.5, 0.6) is 5.75 Å². The molecule has 0 radical (unpaired) electrons. The number of aliphatic carboxylic acids is 1. The number of carbonyl (C=O) groups excluding carboxylic acids is 3. The van der Waals surface area contributed by atoms with Crippen LogP contribution in [0.15, 0.2) is 24.3 Å². The number of phenolic OH excluding ortho intramolecular Hbond substituents is 1. The Kier molecular flexibility index (Phi) is 12.3. The van der Waals surface area contributed by atoms with Gasteiger partial charge in [-0.25, -0.2) is 4.79 Å². The molecule has 0 saturated carbocycles. The van der Waals surface area contributed by atoms with Crippen molar-refractivity contribution in [2.45, 2.75) is 51.2 Å². The zero-order valence-corrected chi connectivity index (χ0v) is 20.0. The standard InChI is InChI=1S/C22H34N4O6S/c1-13(2)10-16(23)20(29)26-18(11-14-4-6-15(27)7-5-14)21(30)24-12-19(28)25-17(22(31)32)8-9-33-3/h4-7,13,16-18,27H,8-12,23H2,1-3H3,(H,24,30)(H,25,28)(H,26,29)(H,31,32). The van der Waals surface area contributed by atoms with Gasteiger partial charge in [0.15, 0.2) is 0 Å². The monoisotopic (exact) mass is 482 g/mol. The van der Waals surface area contributed by atoms with Gasteiger partial charge in [0, 0.05) is 6.42 Å². The average molecular weight is 483 g/mol. The van der Waals surface area contributed by atoms with E-state index in [1.54, 1.807) is 12.1 Å². The first-order valence-corrected chi connectivity index (χ1v) is 12.1. The molecular weight excluding hydrogens is 448 g/mol. The molecule has 0 heterocycles. The summed E-state index contributed by atoms with van der Waals surface area (Å²) >= 11 is 1.46. The molecule has 0 bridgehead atoms. The summed E-state index contributed by atoms with van der Waals surface area (Å²) in [4.78, 5) is 48.7. The molecule has 3 unspecified atom stereocenters. The molecule has 0 fully saturated rings. The first-order chi connectivity index (χ1) is 15.5. The predicted octanol–water partition coefficient (Wildman–Crippen LogP) is 0.232. The Morgan fingerprint density at radius 3 is 2.21 bits per heavy atom. The van der Waals surface area contributed by atoms with Gasteiger partial charge >= 0.3 is 5.97 Å². The second-order valence-corrected chi connectivity index (χ2v) is 9.11. The zero-order chi connectivity index (χ0) is 25.0. The molecular formula is C22H34N4O6S. The highest BCUT2D eigenvalue weighted by Gasteiger charge is 2.26. The molecule has 3 atom stereocenters. The van der Waals surface area contributed by atoms with Gasteiger partial charge in [-0.1, -0.05) is 26.0 Å². The van der Waals surface area contributed by atoms with Crippen molar-refractivity contribution in [3.05, 3.63) is 29.8 Å². The van der Waals surface area contributed by atoms with Gasteiger partial charge < -0.3 is 31.9 Å². The number of nitrogens with two attached hydrogens (primary N) is 1. The summed E-state index contributed by atoms with van der Waals surface area (Å²) in [7, 11) is 0. The Balaban J connectivity index is 2.81. The molecule has 3 amide bonds. The molecule has 0 aliphatic rings. The van der Waals surface area contributed by atoms with Crippen LogP contribution in [-0.4, -0.2) is 70.6 Å². The lowest BCUT2D eigenvalue weighted by molar-refractivity contribution is -0.141. The number of hydrogen-bond donors (Lipinski definition) is 6. The molecule has 0 aromatic heterocycles. The highest BCUT2D eigenvalue weighted by Crippen LogP contribution is 2.12. The number of carboxylic acid groups (broad SMARTS) is 1. The number of hydrogen-bond acceptors (Lipinski definition) is 7. The van der Waals surface area contributed by atoms with Gasteiger partial charge in [-0.2, -0.15) is 11.8 Å². The summed E-state index contributed by atoms with van der Waals surface area (Å²) in [5.74, 6) is -2.10. The Morgan fingerprint density at radius 2 is 1.67 bits per heavy atom. The SMILES string of the molecule is CSCCC(NC(=O)CNC(=O)C(Cc1ccc(O)cc1)NC(=O)C(N)CC(C)C)C(=O)O. The number of thioether (sulfide) groups is 1. The summed E-state index contributed by atoms with van der Waals surface area (Å²) in [6.07, 6.45) is 2.63. The van der Waals surface area contributed by atoms with Crippen molar-refractivity contribution < 1.29 is 29.4 Å². The van der Waals surface area contributed by atoms with Gasteiger partial charge in [-0.3, -0.25) is 14.4 Å². The van der Waals surface area contributed by atoms with Crippen molar-refractivity contribution in [1.82, 2.24) is 16.0 Å². The molecule has 0 spiro atoms. The minimum atomic E-state index is -1.15. The largest absolute Gasteiger partial charge is 0.508 e. The van der Waals surface area contributed by atoms with Gasteiger partial charge in [0.05, 0.1) is 12.6 Å². The Labute approximate surface area is 198 Å². The van der Waals surface area contributed by atoms with E-state index in [-0.39, 0.29) is 24.5 Å². The third-order valence-electron chi connectivity index (χ3n) is 4.74. The fraction of sp³-hybridized carbons (Fsp3) is 0.545. The summed E-state index contributed by atoms with van der Waals surface area (Å²) < 4.78 is 0. The van der Waals surface area contributed by atoms with E-state index in [9.17, 15) is 29.4 Å². The molecule has 184 valence electrons. The molecule has 10 nitrogen and oxygen atoms in total. The van der Waals surface area contributed by atoms with Crippen LogP contribution in [-0.2, 0) is 25.6 Å². The maximum absolute atomic E-state index is 12.8. The average Bonchev–Trinajstić information content (AvgIpc) is 2.75. The van der Waals surface area contributed by atoms with Crippen molar-refractivity contribution >= 4 is 35.5 Å². The number of benzene rings is 1. The molecule has 7 N–H and O–H groups in total. The quantitative estimate of drug-likeness (QED) is 0.219. The first kappa shape index (κ1) is 28.2. The van der Waals surface area contributed by atoms with Gasteiger partial charge in [0.2, 0.25) is 17.7 Å². The van der Waals surface area contributed by atoms with Crippen molar-refractivity contribution in [3.63, 3.8) is 0 Å². The maximum atomic E-state index is 12.8. The third-order valence-corrected chi connectivity index (χ3v) is 5.38. The lowest BCUT2D eigenvalue weighted by atomic mass is 10.0. The molecule has 0 aliphatic heterocycles. The van der Waals surface area contributed by atoms with E-state index in [0.717, 1.165) is 0 Å². The van der Waals surface area contributed by atoms with Crippen LogP contribution >= 0.6 is 11.8 Å². The maximum Gasteiger partial charge on any atom is 0.326 e. The highest BCUT2D eigenvalue weighted by atomic mass is 32.2. The van der Waals surface area contributed by atoms with E-state index in [4.69, 9.17) is 5.73 Å². The second kappa shape index (κ2) is 14.4. The number of carboxylic acids is 1. The number of nitrogens with one attached hydrogen (secondary N) is 3. The summed E-state index contributed by atoms with van der Waals surface area (Å²) in [5, 5.41) is 26.1. The van der Waals surface area contributed by atoms with Crippen LogP contribution in [0.4, 0.5) is 0 Å². The summed E-state index contributed by atoms with van der Waals surface area (Å²) in [5.41, 5.74) is 6.61. The lowest BCUT2D eigenvalue weighted by Crippen LogP contribution is -2.54. The Hall–Kier alpha value is -2.79. The Morgan fingerprint density at radius 1 is 1.03 bits per heavy atom. The van der Waals surface area contributed by atoms with E-state index >= 15 is 0 Å². The number of phenols is 1. The Bertz CT molecular complexity index is 803. The second-order valence-electron chi connectivity index (χ2n) is 8.13. The van der Waals surface area contributed by atoms with Crippen molar-refractivity contribution in [2.24, 2.45) is 11.7 Å². The summed E-state index contributed by atoms with van der Waals surface area (Å²) in [6.45, 7) is 3.41. The van der Waals surface area contributed by atoms with Crippen LogP contribution in [0.25, 0.3) is 0 Å². The molecule has 1 aromatic rings. The van der Waals surface area contributed by atoms with E-state index in [0.29, 0.717) is 17.7 Å². The van der Waals surface area contributed by atoms with E-state index in [1.807, 2.05) is 20.1 Å². The smallest absolute Gasteiger partial charge is 0.326 e. The molecule has 33 heavy (non-hydrogen) atoms. The van der Waals surface area contributed by atoms with Crippen LogP contribution in [0, 0.1) is 5.92 Å². The fourth-order valence-electron chi connectivity index (χ4n) is 3.00. The van der Waals surface area contributed by atoms with Crippen LogP contribution in [0.3, 0.4) is 0 Å². The van der Waals surface area contributed by atoms with Crippen LogP contribution < -0.4 is 21.7 Å². The lowest BCUT2D eigenvalue weighted by Gasteiger charge is -2.22. The highest BCUT2D eigenvalue weighted by molar-refractivity contribution is 7.98. The normalized spacial score (nSPS) is 13.6. The van der Waals surface area contributed by atoms with E-state index < -0.39 is 48.4 Å². The minimum absolute atomic E-state index is 0.0638. The van der Waals surface area contributed by atoms with Gasteiger partial charge in [0.25, 0.3) is 0 Å². The van der Waals surface area contributed by atoms with E-state index in [2.05, 4.69) is 16.0 Å². The number of amides is 3. The molecule has 11 heteroatoms. The first-order valence-electron chi connectivity index (χ1n) is 10.7. The number of carbonyl (C=O) groups is 4. The fourth-order valence-corrected chi connectivity index (χ4v) is 3.47. The summed E-state index contributed by atoms with van der Waals surface area (Å²) in [6, 6.07) is 3.30. The van der Waals surface area contributed by atoms with Gasteiger partial charge in [0.1, 0.15) is 17.8 Å². The van der Waals surface area contributed by atoms with Gasteiger partial charge in [-0.15, -0.1) is 0 Å². The molecule has 1 aromatic carbocycles. The molecule has 0 aliphatic carbocycles. The number of rotatable bonds is 14. The topological polar surface area (TPSA) is 171 Å². The van der Waals surface area contributed by atoms with Crippen LogP contribution in [0.1, 0.15) is 32.3 Å². The van der Waals surface area contributed by atoms with E-state index in [1.165, 1.54) is 23.9 Å². The van der Waals surface area contributed by atoms with Crippen LogP contribution in [0.2, 0.25) is 0 Å². The predicted molar refractivity (Wildman–Crippen MR) is 127 cm³/mol. The van der Waals surface area contributed by atoms with Crippen molar-refractivity contribution in [2.75, 3.05) is 18.6 Å². The van der Waals surface area contributed by atoms with Crippen molar-refractivity contribution in [1.29, 1.82) is 0 Å². The third kappa shape index (κ3) is 11.1. The molecule has 0 saturated heterocycles. The minimum Gasteiger partial charge on any atom is -0.508 e. The number of aromatic hydroxyl groups is 1.